The molecule has 0 aliphatic carbocycles. The zero-order valence-electron chi connectivity index (χ0n) is 36.6. The number of fused-ring (bicyclic) bond motifs is 7. The molecule has 0 N–H and O–H groups in total. The molecule has 0 radical (unpaired) electrons. The highest BCUT2D eigenvalue weighted by Gasteiger charge is 2.23. The number of aromatic nitrogens is 1. The topological polar surface area (TPSA) is 21.3 Å². The lowest BCUT2D eigenvalue weighted by molar-refractivity contribution is 0.670. The molecule has 0 saturated heterocycles. The summed E-state index contributed by atoms with van der Waals surface area (Å²) in [5.74, 6) is 0. The van der Waals surface area contributed by atoms with Crippen LogP contribution in [-0.2, 0) is 0 Å². The third-order valence-electron chi connectivity index (χ3n) is 13.4. The van der Waals surface area contributed by atoms with E-state index >= 15 is 0 Å². The van der Waals surface area contributed by atoms with E-state index in [1.807, 2.05) is 6.07 Å². The van der Waals surface area contributed by atoms with Crippen molar-refractivity contribution in [2.24, 2.45) is 0 Å². The molecule has 0 atom stereocenters. The van der Waals surface area contributed by atoms with Crippen LogP contribution in [0.15, 0.2) is 259 Å². The van der Waals surface area contributed by atoms with E-state index in [-0.39, 0.29) is 0 Å². The Morgan fingerprint density at radius 2 is 0.881 bits per heavy atom. The van der Waals surface area contributed by atoms with Gasteiger partial charge in [-0.1, -0.05) is 182 Å². The molecule has 0 spiro atoms. The lowest BCUT2D eigenvalue weighted by Crippen LogP contribution is -2.10. The van der Waals surface area contributed by atoms with Crippen molar-refractivity contribution in [1.29, 1.82) is 0 Å². The van der Waals surface area contributed by atoms with Crippen molar-refractivity contribution < 1.29 is 4.42 Å². The fourth-order valence-electron chi connectivity index (χ4n) is 10.2. The Morgan fingerprint density at radius 1 is 0.328 bits per heavy atom. The van der Waals surface area contributed by atoms with Gasteiger partial charge in [0.05, 0.1) is 22.1 Å². The van der Waals surface area contributed by atoms with Gasteiger partial charge in [0.1, 0.15) is 11.2 Å². The summed E-state index contributed by atoms with van der Waals surface area (Å²) in [6.45, 7) is 0. The molecule has 314 valence electrons. The highest BCUT2D eigenvalue weighted by atomic mass is 16.3. The summed E-state index contributed by atoms with van der Waals surface area (Å²) in [7, 11) is 0. The Balaban J connectivity index is 0.941. The Kier molecular flexibility index (Phi) is 9.17. The second kappa shape index (κ2) is 16.0. The van der Waals surface area contributed by atoms with E-state index in [2.05, 4.69) is 258 Å². The Hall–Kier alpha value is -8.92. The number of rotatable bonds is 8. The molecule has 0 aliphatic heterocycles. The average Bonchev–Trinajstić information content (AvgIpc) is 3.97. The number of anilines is 3. The van der Waals surface area contributed by atoms with Crippen LogP contribution in [0.4, 0.5) is 17.1 Å². The van der Waals surface area contributed by atoms with Crippen LogP contribution >= 0.6 is 0 Å². The SMILES string of the molecule is c1ccc(-c2ccc(N(c3ccc(-c4ccc(-c5ccc6ccccc6c5)cc4)cc3)c3ccc(-c4cccc5c4c4ccccc4n5-c4ccccc4)cc3)c3c2oc2ccccc23)cc1. The maximum atomic E-state index is 6.80. The Labute approximate surface area is 388 Å². The summed E-state index contributed by atoms with van der Waals surface area (Å²) in [5.41, 5.74) is 17.7. The monoisotopic (exact) mass is 854 g/mol. The van der Waals surface area contributed by atoms with Crippen LogP contribution in [0.1, 0.15) is 0 Å². The van der Waals surface area contributed by atoms with Crippen LogP contribution in [-0.4, -0.2) is 4.57 Å². The highest BCUT2D eigenvalue weighted by molar-refractivity contribution is 6.18. The minimum atomic E-state index is 0.864. The first-order valence-corrected chi connectivity index (χ1v) is 22.9. The van der Waals surface area contributed by atoms with Crippen molar-refractivity contribution in [3.05, 3.63) is 255 Å². The number of furan rings is 1. The summed E-state index contributed by atoms with van der Waals surface area (Å²) < 4.78 is 9.18. The largest absolute Gasteiger partial charge is 0.455 e. The second-order valence-corrected chi connectivity index (χ2v) is 17.3. The average molecular weight is 855 g/mol. The first-order chi connectivity index (χ1) is 33.2. The fourth-order valence-corrected chi connectivity index (χ4v) is 10.2. The van der Waals surface area contributed by atoms with E-state index in [9.17, 15) is 0 Å². The van der Waals surface area contributed by atoms with Gasteiger partial charge < -0.3 is 13.9 Å². The zero-order chi connectivity index (χ0) is 44.3. The van der Waals surface area contributed by atoms with Gasteiger partial charge in [0.25, 0.3) is 0 Å². The van der Waals surface area contributed by atoms with Crippen molar-refractivity contribution in [2.75, 3.05) is 4.90 Å². The van der Waals surface area contributed by atoms with Crippen molar-refractivity contribution in [1.82, 2.24) is 4.57 Å². The third kappa shape index (κ3) is 6.59. The molecule has 13 aromatic rings. The van der Waals surface area contributed by atoms with Crippen molar-refractivity contribution in [3.8, 4) is 50.2 Å². The maximum Gasteiger partial charge on any atom is 0.145 e. The van der Waals surface area contributed by atoms with Gasteiger partial charge in [-0.3, -0.25) is 0 Å². The second-order valence-electron chi connectivity index (χ2n) is 17.3. The molecule has 0 fully saturated rings. The maximum absolute atomic E-state index is 6.80. The molecule has 3 heteroatoms. The van der Waals surface area contributed by atoms with Gasteiger partial charge in [0, 0.05) is 38.8 Å². The minimum Gasteiger partial charge on any atom is -0.455 e. The molecule has 2 heterocycles. The summed E-state index contributed by atoms with van der Waals surface area (Å²) in [4.78, 5) is 2.39. The predicted molar refractivity (Wildman–Crippen MR) is 282 cm³/mol. The molecule has 0 saturated carbocycles. The number of benzene rings is 11. The fraction of sp³-hybridized carbons (Fsp3) is 0. The number of nitrogens with zero attached hydrogens (tertiary/aromatic N) is 2. The summed E-state index contributed by atoms with van der Waals surface area (Å²) in [6.07, 6.45) is 0. The van der Waals surface area contributed by atoms with Crippen LogP contribution in [0.3, 0.4) is 0 Å². The molecule has 13 rings (SSSR count). The molecular weight excluding hydrogens is 813 g/mol. The van der Waals surface area contributed by atoms with Gasteiger partial charge in [0.15, 0.2) is 0 Å². The summed E-state index contributed by atoms with van der Waals surface area (Å²) in [6, 6.07) is 91.8. The molecule has 0 unspecified atom stereocenters. The van der Waals surface area contributed by atoms with Crippen molar-refractivity contribution >= 4 is 71.6 Å². The molecule has 67 heavy (non-hydrogen) atoms. The molecule has 2 aromatic heterocycles. The van der Waals surface area contributed by atoms with Gasteiger partial charge >= 0.3 is 0 Å². The number of para-hydroxylation sites is 3. The van der Waals surface area contributed by atoms with E-state index in [0.29, 0.717) is 0 Å². The molecule has 0 aliphatic rings. The lowest BCUT2D eigenvalue weighted by atomic mass is 9.97. The lowest BCUT2D eigenvalue weighted by Gasteiger charge is -2.27. The van der Waals surface area contributed by atoms with Gasteiger partial charge in [0.2, 0.25) is 0 Å². The minimum absolute atomic E-state index is 0.864. The van der Waals surface area contributed by atoms with Crippen molar-refractivity contribution in [2.45, 2.75) is 0 Å². The first-order valence-electron chi connectivity index (χ1n) is 22.9. The highest BCUT2D eigenvalue weighted by Crippen LogP contribution is 2.47. The quantitative estimate of drug-likeness (QED) is 0.152. The zero-order valence-corrected chi connectivity index (χ0v) is 36.6. The van der Waals surface area contributed by atoms with E-state index in [4.69, 9.17) is 4.42 Å². The molecular formula is C64H42N2O. The Morgan fingerprint density at radius 3 is 1.63 bits per heavy atom. The number of hydrogen-bond donors (Lipinski definition) is 0. The Bertz CT molecular complexity index is 3940. The molecule has 0 bridgehead atoms. The first kappa shape index (κ1) is 38.5. The van der Waals surface area contributed by atoms with E-state index < -0.39 is 0 Å². The van der Waals surface area contributed by atoms with Gasteiger partial charge in [-0.25, -0.2) is 0 Å². The van der Waals surface area contributed by atoms with Gasteiger partial charge in [-0.15, -0.1) is 0 Å². The van der Waals surface area contributed by atoms with Gasteiger partial charge in [-0.05, 0) is 123 Å². The van der Waals surface area contributed by atoms with Crippen LogP contribution in [0.25, 0.3) is 105 Å². The van der Waals surface area contributed by atoms with Crippen LogP contribution in [0, 0.1) is 0 Å². The molecule has 11 aromatic carbocycles. The van der Waals surface area contributed by atoms with Gasteiger partial charge in [-0.2, -0.15) is 0 Å². The van der Waals surface area contributed by atoms with Crippen LogP contribution in [0.5, 0.6) is 0 Å². The third-order valence-corrected chi connectivity index (χ3v) is 13.4. The van der Waals surface area contributed by atoms with E-state index in [1.165, 1.54) is 54.8 Å². The smallest absolute Gasteiger partial charge is 0.145 e. The van der Waals surface area contributed by atoms with E-state index in [1.54, 1.807) is 0 Å². The summed E-state index contributed by atoms with van der Waals surface area (Å²) >= 11 is 0. The van der Waals surface area contributed by atoms with Crippen LogP contribution in [0.2, 0.25) is 0 Å². The molecule has 0 amide bonds. The molecule has 3 nitrogen and oxygen atoms in total. The summed E-state index contributed by atoms with van der Waals surface area (Å²) in [5, 5.41) is 7.14. The van der Waals surface area contributed by atoms with Crippen molar-refractivity contribution in [3.63, 3.8) is 0 Å². The standard InChI is InChI=1S/C64H42N2O/c1-3-15-47(16-4-1)55-40-41-60(63-57-21-10-12-25-61(57)67-64(55)63)65(52-36-32-45(33-37-52)44-26-28-46(29-27-44)50-31-30-43-14-7-8-17-49(43)42-50)53-38-34-48(35-39-53)54-22-13-24-59-62(54)56-20-9-11-23-58(56)66(59)51-18-5-2-6-19-51/h1-42H. The normalized spacial score (nSPS) is 11.6. The van der Waals surface area contributed by atoms with Crippen LogP contribution < -0.4 is 4.90 Å². The van der Waals surface area contributed by atoms with E-state index in [0.717, 1.165) is 66.9 Å². The number of hydrogen-bond acceptors (Lipinski definition) is 2. The predicted octanol–water partition coefficient (Wildman–Crippen LogP) is 18.0.